The Morgan fingerprint density at radius 3 is 2.65 bits per heavy atom. The van der Waals surface area contributed by atoms with E-state index in [2.05, 4.69) is 42.0 Å². The van der Waals surface area contributed by atoms with Crippen molar-refractivity contribution in [2.45, 2.75) is 25.8 Å². The molecule has 1 aromatic carbocycles. The van der Waals surface area contributed by atoms with Crippen LogP contribution in [0.25, 0.3) is 0 Å². The van der Waals surface area contributed by atoms with Crippen molar-refractivity contribution < 1.29 is 5.21 Å². The fourth-order valence-corrected chi connectivity index (χ4v) is 2.78. The molecule has 0 amide bonds. The molecule has 1 aliphatic heterocycles. The van der Waals surface area contributed by atoms with Crippen LogP contribution in [0.4, 0.5) is 5.69 Å². The van der Waals surface area contributed by atoms with E-state index in [9.17, 15) is 0 Å². The van der Waals surface area contributed by atoms with Gasteiger partial charge in [0.2, 0.25) is 0 Å². The summed E-state index contributed by atoms with van der Waals surface area (Å²) in [7, 11) is 4.25. The van der Waals surface area contributed by atoms with Crippen LogP contribution in [-0.2, 0) is 0 Å². The highest BCUT2D eigenvalue weighted by Gasteiger charge is 2.23. The molecule has 0 aromatic heterocycles. The molecule has 2 rings (SSSR count). The first-order valence-electron chi connectivity index (χ1n) is 7.03. The van der Waals surface area contributed by atoms with E-state index in [-0.39, 0.29) is 5.84 Å². The van der Waals surface area contributed by atoms with Crippen molar-refractivity contribution in [1.29, 1.82) is 0 Å². The van der Waals surface area contributed by atoms with Gasteiger partial charge in [-0.05, 0) is 57.6 Å². The Morgan fingerprint density at radius 2 is 2.05 bits per heavy atom. The summed E-state index contributed by atoms with van der Waals surface area (Å²) in [5, 5.41) is 12.1. The average molecular weight is 276 g/mol. The minimum Gasteiger partial charge on any atom is -0.409 e. The van der Waals surface area contributed by atoms with Crippen molar-refractivity contribution in [3.05, 3.63) is 29.3 Å². The smallest absolute Gasteiger partial charge is 0.172 e. The van der Waals surface area contributed by atoms with Gasteiger partial charge in [-0.3, -0.25) is 0 Å². The molecule has 0 unspecified atom stereocenters. The number of rotatable bonds is 3. The van der Waals surface area contributed by atoms with E-state index in [1.165, 1.54) is 5.56 Å². The van der Waals surface area contributed by atoms with E-state index < -0.39 is 0 Å². The fraction of sp³-hybridized carbons (Fsp3) is 0.533. The minimum absolute atomic E-state index is 0.166. The first kappa shape index (κ1) is 14.7. The zero-order valence-corrected chi connectivity index (χ0v) is 12.5. The Bertz CT molecular complexity index is 493. The fourth-order valence-electron chi connectivity index (χ4n) is 2.78. The van der Waals surface area contributed by atoms with Crippen LogP contribution in [0.1, 0.15) is 24.0 Å². The van der Waals surface area contributed by atoms with Gasteiger partial charge >= 0.3 is 0 Å². The number of likely N-dealkylation sites (tertiary alicyclic amines) is 1. The number of anilines is 1. The number of hydrogen-bond acceptors (Lipinski definition) is 4. The summed E-state index contributed by atoms with van der Waals surface area (Å²) in [4.78, 5) is 4.62. The summed E-state index contributed by atoms with van der Waals surface area (Å²) >= 11 is 0. The highest BCUT2D eigenvalue weighted by atomic mass is 16.4. The third-order valence-corrected chi connectivity index (χ3v) is 4.15. The molecule has 3 N–H and O–H groups in total. The molecule has 5 heteroatoms. The first-order valence-corrected chi connectivity index (χ1v) is 7.03. The Labute approximate surface area is 120 Å². The van der Waals surface area contributed by atoms with Gasteiger partial charge < -0.3 is 20.7 Å². The molecule has 1 fully saturated rings. The molecular weight excluding hydrogens is 252 g/mol. The highest BCUT2D eigenvalue weighted by molar-refractivity contribution is 6.02. The molecule has 1 saturated heterocycles. The Balaban J connectivity index is 2.28. The monoisotopic (exact) mass is 276 g/mol. The molecule has 0 saturated carbocycles. The van der Waals surface area contributed by atoms with Gasteiger partial charge in [0.15, 0.2) is 5.84 Å². The van der Waals surface area contributed by atoms with Crippen molar-refractivity contribution in [2.24, 2.45) is 10.9 Å². The molecular formula is C15H24N4O. The van der Waals surface area contributed by atoms with Gasteiger partial charge in [0, 0.05) is 24.3 Å². The largest absolute Gasteiger partial charge is 0.409 e. The summed E-state index contributed by atoms with van der Waals surface area (Å²) in [5.41, 5.74) is 8.80. The lowest BCUT2D eigenvalue weighted by Gasteiger charge is -2.37. The summed E-state index contributed by atoms with van der Waals surface area (Å²) in [5.74, 6) is 0.166. The van der Waals surface area contributed by atoms with Crippen LogP contribution in [0.15, 0.2) is 23.4 Å². The van der Waals surface area contributed by atoms with Crippen LogP contribution in [0.3, 0.4) is 0 Å². The SMILES string of the molecule is Cc1ccc(C(N)=NO)c(N(C)C2CCN(C)CC2)c1. The van der Waals surface area contributed by atoms with Crippen LogP contribution in [0.5, 0.6) is 0 Å². The maximum atomic E-state index is 8.95. The van der Waals surface area contributed by atoms with Crippen LogP contribution < -0.4 is 10.6 Å². The molecule has 0 radical (unpaired) electrons. The van der Waals surface area contributed by atoms with E-state index in [1.54, 1.807) is 0 Å². The predicted molar refractivity (Wildman–Crippen MR) is 82.6 cm³/mol. The lowest BCUT2D eigenvalue weighted by atomic mass is 10.0. The van der Waals surface area contributed by atoms with E-state index in [1.807, 2.05) is 12.1 Å². The number of amidine groups is 1. The Hall–Kier alpha value is -1.75. The lowest BCUT2D eigenvalue weighted by molar-refractivity contribution is 0.253. The molecule has 0 atom stereocenters. The number of piperidine rings is 1. The van der Waals surface area contributed by atoms with Crippen molar-refractivity contribution in [1.82, 2.24) is 4.90 Å². The van der Waals surface area contributed by atoms with Crippen LogP contribution in [-0.4, -0.2) is 49.2 Å². The van der Waals surface area contributed by atoms with E-state index >= 15 is 0 Å². The van der Waals surface area contributed by atoms with Crippen molar-refractivity contribution >= 4 is 11.5 Å². The summed E-state index contributed by atoms with van der Waals surface area (Å²) in [6, 6.07) is 6.51. The second-order valence-corrected chi connectivity index (χ2v) is 5.65. The van der Waals surface area contributed by atoms with Gasteiger partial charge in [0.25, 0.3) is 0 Å². The molecule has 0 spiro atoms. The minimum atomic E-state index is 0.166. The molecule has 1 aliphatic rings. The molecule has 5 nitrogen and oxygen atoms in total. The van der Waals surface area contributed by atoms with Gasteiger partial charge in [-0.15, -0.1) is 0 Å². The average Bonchev–Trinajstić information content (AvgIpc) is 2.46. The normalized spacial score (nSPS) is 18.2. The molecule has 1 aromatic rings. The number of benzene rings is 1. The van der Waals surface area contributed by atoms with Crippen molar-refractivity contribution in [3.8, 4) is 0 Å². The zero-order chi connectivity index (χ0) is 14.7. The quantitative estimate of drug-likeness (QED) is 0.381. The third kappa shape index (κ3) is 3.04. The molecule has 110 valence electrons. The molecule has 1 heterocycles. The van der Waals surface area contributed by atoms with E-state index in [0.717, 1.165) is 37.2 Å². The van der Waals surface area contributed by atoms with Gasteiger partial charge in [0.1, 0.15) is 0 Å². The number of nitrogens with zero attached hydrogens (tertiary/aromatic N) is 3. The standard InChI is InChI=1S/C15H24N4O/c1-11-4-5-13(15(16)17-20)14(10-11)19(3)12-6-8-18(2)9-7-12/h4-5,10,12,20H,6-9H2,1-3H3,(H2,16,17). The predicted octanol–water partition coefficient (Wildman–Crippen LogP) is 1.62. The second kappa shape index (κ2) is 6.13. The molecule has 0 aliphatic carbocycles. The molecule has 0 bridgehead atoms. The highest BCUT2D eigenvalue weighted by Crippen LogP contribution is 2.26. The number of aryl methyl sites for hydroxylation is 1. The van der Waals surface area contributed by atoms with Crippen molar-refractivity contribution in [3.63, 3.8) is 0 Å². The summed E-state index contributed by atoms with van der Waals surface area (Å²) in [6.45, 7) is 4.28. The first-order chi connectivity index (χ1) is 9.52. The van der Waals surface area contributed by atoms with E-state index in [0.29, 0.717) is 6.04 Å². The van der Waals surface area contributed by atoms with Gasteiger partial charge in [-0.1, -0.05) is 11.2 Å². The maximum absolute atomic E-state index is 8.95. The third-order valence-electron chi connectivity index (χ3n) is 4.15. The summed E-state index contributed by atoms with van der Waals surface area (Å²) < 4.78 is 0. The Morgan fingerprint density at radius 1 is 1.40 bits per heavy atom. The summed E-state index contributed by atoms with van der Waals surface area (Å²) in [6.07, 6.45) is 2.27. The van der Waals surface area contributed by atoms with Crippen LogP contribution in [0, 0.1) is 6.92 Å². The lowest BCUT2D eigenvalue weighted by Crippen LogP contribution is -2.42. The molecule has 20 heavy (non-hydrogen) atoms. The topological polar surface area (TPSA) is 65.1 Å². The Kier molecular flexibility index (Phi) is 4.49. The van der Waals surface area contributed by atoms with Gasteiger partial charge in [-0.25, -0.2) is 0 Å². The van der Waals surface area contributed by atoms with Gasteiger partial charge in [0.05, 0.1) is 0 Å². The van der Waals surface area contributed by atoms with Crippen LogP contribution in [0.2, 0.25) is 0 Å². The number of nitrogens with two attached hydrogens (primary N) is 1. The number of oxime groups is 1. The van der Waals surface area contributed by atoms with Gasteiger partial charge in [-0.2, -0.15) is 0 Å². The maximum Gasteiger partial charge on any atom is 0.172 e. The second-order valence-electron chi connectivity index (χ2n) is 5.65. The van der Waals surface area contributed by atoms with Crippen molar-refractivity contribution in [2.75, 3.05) is 32.1 Å². The zero-order valence-electron chi connectivity index (χ0n) is 12.5. The van der Waals surface area contributed by atoms with E-state index in [4.69, 9.17) is 10.9 Å². The number of hydrogen-bond donors (Lipinski definition) is 2. The van der Waals surface area contributed by atoms with Crippen LogP contribution >= 0.6 is 0 Å².